The predicted octanol–water partition coefficient (Wildman–Crippen LogP) is 4.32. The van der Waals surface area contributed by atoms with E-state index in [0.717, 1.165) is 32.1 Å². The average molecular weight is 445 g/mol. The van der Waals surface area contributed by atoms with E-state index in [9.17, 15) is 15.3 Å². The van der Waals surface area contributed by atoms with E-state index in [1.54, 1.807) is 5.57 Å². The van der Waals surface area contributed by atoms with Crippen molar-refractivity contribution < 1.29 is 20.1 Å². The van der Waals surface area contributed by atoms with E-state index in [0.29, 0.717) is 23.7 Å². The molecule has 11 atom stereocenters. The molecule has 0 aromatic carbocycles. The summed E-state index contributed by atoms with van der Waals surface area (Å²) in [5, 5.41) is 32.8. The second-order valence-electron chi connectivity index (χ2n) is 14.1. The lowest BCUT2D eigenvalue weighted by Crippen LogP contribution is -2.62. The highest BCUT2D eigenvalue weighted by Gasteiger charge is 2.71. The molecule has 5 fully saturated rings. The fraction of sp³-hybridized carbons (Fsp3) is 0.929. The van der Waals surface area contributed by atoms with Crippen LogP contribution in [0, 0.1) is 51.2 Å². The van der Waals surface area contributed by atoms with Crippen LogP contribution in [0.1, 0.15) is 79.6 Å². The topological polar surface area (TPSA) is 69.9 Å². The Morgan fingerprint density at radius 2 is 1.81 bits per heavy atom. The quantitative estimate of drug-likeness (QED) is 0.527. The molecule has 6 rings (SSSR count). The molecule has 3 N–H and O–H groups in total. The zero-order valence-corrected chi connectivity index (χ0v) is 20.7. The summed E-state index contributed by atoms with van der Waals surface area (Å²) in [6, 6.07) is 0. The zero-order chi connectivity index (χ0) is 22.8. The molecule has 6 aliphatic rings. The van der Waals surface area contributed by atoms with Gasteiger partial charge in [0, 0.05) is 0 Å². The highest BCUT2D eigenvalue weighted by molar-refractivity contribution is 5.32. The fourth-order valence-electron chi connectivity index (χ4n) is 10.5. The molecule has 32 heavy (non-hydrogen) atoms. The lowest BCUT2D eigenvalue weighted by Gasteiger charge is -2.64. The Morgan fingerprint density at radius 3 is 2.53 bits per heavy atom. The van der Waals surface area contributed by atoms with Crippen molar-refractivity contribution in [2.45, 2.75) is 104 Å². The standard InChI is InChI=1S/C28H44O4/c1-25(2)13-19-16-6-8-18-15(7-9-20-26(3,4)21(30)10-11-27(18,20)5)17(16)12-22-28(19,14-29)23(31)24(25)32-22/h6,15,17-24,29-31H,7-14H2,1-5H3. The molecular weight excluding hydrogens is 400 g/mol. The lowest BCUT2D eigenvalue weighted by molar-refractivity contribution is -0.164. The van der Waals surface area contributed by atoms with Crippen LogP contribution in [0.4, 0.5) is 0 Å². The third kappa shape index (κ3) is 2.44. The van der Waals surface area contributed by atoms with E-state index in [4.69, 9.17) is 4.74 Å². The number of hydrogen-bond donors (Lipinski definition) is 3. The molecule has 0 aromatic rings. The van der Waals surface area contributed by atoms with E-state index < -0.39 is 11.5 Å². The second kappa shape index (κ2) is 6.62. The molecule has 4 saturated carbocycles. The third-order valence-electron chi connectivity index (χ3n) is 12.3. The minimum absolute atomic E-state index is 0.0120. The molecule has 2 bridgehead atoms. The smallest absolute Gasteiger partial charge is 0.0916 e. The Hall–Kier alpha value is -0.420. The molecule has 180 valence electrons. The van der Waals surface area contributed by atoms with Gasteiger partial charge in [-0.25, -0.2) is 0 Å². The van der Waals surface area contributed by atoms with Gasteiger partial charge in [0.1, 0.15) is 0 Å². The van der Waals surface area contributed by atoms with Crippen LogP contribution in [-0.4, -0.2) is 46.3 Å². The highest BCUT2D eigenvalue weighted by atomic mass is 16.5. The van der Waals surface area contributed by atoms with Crippen molar-refractivity contribution in [3.8, 4) is 0 Å². The number of aliphatic hydroxyl groups is 3. The molecule has 0 radical (unpaired) electrons. The van der Waals surface area contributed by atoms with Crippen molar-refractivity contribution in [3.63, 3.8) is 0 Å². The first-order valence-electron chi connectivity index (χ1n) is 13.3. The van der Waals surface area contributed by atoms with Gasteiger partial charge in [-0.1, -0.05) is 46.3 Å². The van der Waals surface area contributed by atoms with Crippen LogP contribution in [0.15, 0.2) is 11.6 Å². The van der Waals surface area contributed by atoms with E-state index in [-0.39, 0.29) is 47.1 Å². The summed E-state index contributed by atoms with van der Waals surface area (Å²) in [5.41, 5.74) is 1.24. The van der Waals surface area contributed by atoms with Crippen LogP contribution in [0.25, 0.3) is 0 Å². The summed E-state index contributed by atoms with van der Waals surface area (Å²) in [7, 11) is 0. The summed E-state index contributed by atoms with van der Waals surface area (Å²) in [6.45, 7) is 11.6. The normalized spacial score (nSPS) is 57.1. The summed E-state index contributed by atoms with van der Waals surface area (Å²) in [6.07, 6.45) is 9.20. The number of rotatable bonds is 1. The van der Waals surface area contributed by atoms with E-state index in [1.807, 2.05) is 0 Å². The molecule has 0 aromatic heterocycles. The minimum atomic E-state index is -0.570. The number of allylic oxidation sites excluding steroid dienone is 2. The third-order valence-corrected chi connectivity index (χ3v) is 12.3. The van der Waals surface area contributed by atoms with E-state index in [2.05, 4.69) is 40.7 Å². The average Bonchev–Trinajstić information content (AvgIpc) is 3.01. The van der Waals surface area contributed by atoms with E-state index >= 15 is 0 Å². The Kier molecular flexibility index (Phi) is 4.57. The summed E-state index contributed by atoms with van der Waals surface area (Å²) in [5.74, 6) is 2.67. The van der Waals surface area contributed by atoms with Crippen LogP contribution in [-0.2, 0) is 4.74 Å². The van der Waals surface area contributed by atoms with Crippen molar-refractivity contribution in [1.82, 2.24) is 0 Å². The Bertz CT molecular complexity index is 831. The van der Waals surface area contributed by atoms with Gasteiger partial charge in [0.15, 0.2) is 0 Å². The minimum Gasteiger partial charge on any atom is -0.396 e. The maximum Gasteiger partial charge on any atom is 0.0916 e. The second-order valence-corrected chi connectivity index (χ2v) is 14.1. The molecule has 1 saturated heterocycles. The zero-order valence-electron chi connectivity index (χ0n) is 20.7. The SMILES string of the molecule is CC1(C)CC2C3=CCC4C(CCC5C(C)(C)C(O)CCC45C)C3CC3OC1C(O)C32CO. The van der Waals surface area contributed by atoms with Crippen LogP contribution >= 0.6 is 0 Å². The van der Waals surface area contributed by atoms with Crippen molar-refractivity contribution >= 4 is 0 Å². The van der Waals surface area contributed by atoms with Gasteiger partial charge in [-0.15, -0.1) is 0 Å². The first-order valence-corrected chi connectivity index (χ1v) is 13.3. The summed E-state index contributed by atoms with van der Waals surface area (Å²) >= 11 is 0. The summed E-state index contributed by atoms with van der Waals surface area (Å²) in [4.78, 5) is 0. The van der Waals surface area contributed by atoms with Crippen LogP contribution in [0.3, 0.4) is 0 Å². The summed E-state index contributed by atoms with van der Waals surface area (Å²) < 4.78 is 6.62. The maximum atomic E-state index is 11.4. The maximum absolute atomic E-state index is 11.4. The largest absolute Gasteiger partial charge is 0.396 e. The molecule has 1 heterocycles. The number of aliphatic hydroxyl groups excluding tert-OH is 3. The molecule has 4 nitrogen and oxygen atoms in total. The molecular formula is C28H44O4. The van der Waals surface area contributed by atoms with Crippen molar-refractivity contribution in [2.24, 2.45) is 51.2 Å². The number of ether oxygens (including phenoxy) is 1. The molecule has 5 aliphatic carbocycles. The van der Waals surface area contributed by atoms with Crippen molar-refractivity contribution in [3.05, 3.63) is 11.6 Å². The number of hydrogen-bond acceptors (Lipinski definition) is 4. The molecule has 4 heteroatoms. The predicted molar refractivity (Wildman–Crippen MR) is 124 cm³/mol. The van der Waals surface area contributed by atoms with Gasteiger partial charge < -0.3 is 20.1 Å². The van der Waals surface area contributed by atoms with Crippen LogP contribution < -0.4 is 0 Å². The highest BCUT2D eigenvalue weighted by Crippen LogP contribution is 2.70. The van der Waals surface area contributed by atoms with Gasteiger partial charge in [0.05, 0.1) is 36.4 Å². The molecule has 11 unspecified atom stereocenters. The van der Waals surface area contributed by atoms with Gasteiger partial charge in [-0.3, -0.25) is 0 Å². The van der Waals surface area contributed by atoms with Crippen molar-refractivity contribution in [2.75, 3.05) is 6.61 Å². The van der Waals surface area contributed by atoms with Gasteiger partial charge in [0.2, 0.25) is 0 Å². The lowest BCUT2D eigenvalue weighted by atomic mass is 9.40. The number of fused-ring (bicyclic) bond motifs is 7. The first kappa shape index (κ1) is 22.1. The molecule has 0 amide bonds. The van der Waals surface area contributed by atoms with E-state index in [1.165, 1.54) is 12.8 Å². The first-order chi connectivity index (χ1) is 15.0. The van der Waals surface area contributed by atoms with Crippen LogP contribution in [0.5, 0.6) is 0 Å². The Labute approximate surface area is 193 Å². The Morgan fingerprint density at radius 1 is 1.06 bits per heavy atom. The molecule has 0 spiro atoms. The molecule has 1 aliphatic heterocycles. The monoisotopic (exact) mass is 444 g/mol. The fourth-order valence-corrected chi connectivity index (χ4v) is 10.5. The van der Waals surface area contributed by atoms with Crippen LogP contribution in [0.2, 0.25) is 0 Å². The van der Waals surface area contributed by atoms with Crippen molar-refractivity contribution in [1.29, 1.82) is 0 Å². The van der Waals surface area contributed by atoms with Gasteiger partial charge in [-0.05, 0) is 90.8 Å². The van der Waals surface area contributed by atoms with Gasteiger partial charge in [-0.2, -0.15) is 0 Å². The van der Waals surface area contributed by atoms with Gasteiger partial charge >= 0.3 is 0 Å². The Balaban J connectivity index is 1.40. The van der Waals surface area contributed by atoms with Gasteiger partial charge in [0.25, 0.3) is 0 Å².